The average Bonchev–Trinajstić information content (AvgIpc) is 3.35. The predicted octanol–water partition coefficient (Wildman–Crippen LogP) is 3.29. The van der Waals surface area contributed by atoms with Crippen molar-refractivity contribution in [3.05, 3.63) is 70.2 Å². The Morgan fingerprint density at radius 2 is 1.96 bits per heavy atom. The fourth-order valence-corrected chi connectivity index (χ4v) is 4.28. The molecule has 2 aromatic rings. The third-order valence-electron chi connectivity index (χ3n) is 5.30. The lowest BCUT2D eigenvalue weighted by molar-refractivity contribution is -0.126. The highest BCUT2D eigenvalue weighted by atomic mass is 79.9. The fourth-order valence-electron chi connectivity index (χ4n) is 3.86. The summed E-state index contributed by atoms with van der Waals surface area (Å²) in [6.07, 6.45) is 0.963. The number of carbonyl (C=O) groups is 2. The normalized spacial score (nSPS) is 23.9. The number of hydrogen-bond acceptors (Lipinski definition) is 3. The summed E-state index contributed by atoms with van der Waals surface area (Å²) in [6.45, 7) is 0.602. The Morgan fingerprint density at radius 3 is 2.67 bits per heavy atom. The zero-order valence-electron chi connectivity index (χ0n) is 14.5. The summed E-state index contributed by atoms with van der Waals surface area (Å²) in [7, 11) is 0. The molecule has 1 saturated heterocycles. The molecule has 6 heteroatoms. The number of nitriles is 1. The lowest BCUT2D eigenvalue weighted by Crippen LogP contribution is -2.49. The molecule has 1 saturated carbocycles. The third kappa shape index (κ3) is 3.47. The number of hydrogen-bond donors (Lipinski definition) is 1. The van der Waals surface area contributed by atoms with Crippen LogP contribution in [0.15, 0.2) is 59.1 Å². The first-order valence-electron chi connectivity index (χ1n) is 8.90. The molecule has 1 unspecified atom stereocenters. The van der Waals surface area contributed by atoms with Crippen molar-refractivity contribution in [3.8, 4) is 6.07 Å². The lowest BCUT2D eigenvalue weighted by Gasteiger charge is -2.27. The van der Waals surface area contributed by atoms with Crippen LogP contribution in [0.25, 0.3) is 0 Å². The first-order valence-corrected chi connectivity index (χ1v) is 9.69. The van der Waals surface area contributed by atoms with Gasteiger partial charge in [0.25, 0.3) is 5.91 Å². The molecule has 0 aromatic heterocycles. The van der Waals surface area contributed by atoms with Crippen LogP contribution < -0.4 is 5.32 Å². The van der Waals surface area contributed by atoms with E-state index in [1.165, 1.54) is 0 Å². The summed E-state index contributed by atoms with van der Waals surface area (Å²) in [6, 6.07) is 17.2. The molecule has 0 radical (unpaired) electrons. The van der Waals surface area contributed by atoms with Crippen molar-refractivity contribution in [2.45, 2.75) is 18.5 Å². The maximum absolute atomic E-state index is 13.0. The van der Waals surface area contributed by atoms with E-state index in [0.29, 0.717) is 23.6 Å². The van der Waals surface area contributed by atoms with Crippen molar-refractivity contribution >= 4 is 27.7 Å². The van der Waals surface area contributed by atoms with Gasteiger partial charge in [0, 0.05) is 16.6 Å². The average molecular weight is 424 g/mol. The minimum Gasteiger partial charge on any atom is -0.335 e. The van der Waals surface area contributed by atoms with E-state index in [4.69, 9.17) is 0 Å². The number of halogens is 1. The van der Waals surface area contributed by atoms with Crippen molar-refractivity contribution in [3.63, 3.8) is 0 Å². The quantitative estimate of drug-likeness (QED) is 0.819. The summed E-state index contributed by atoms with van der Waals surface area (Å²) in [4.78, 5) is 27.5. The van der Waals surface area contributed by atoms with Crippen molar-refractivity contribution in [2.24, 2.45) is 11.8 Å². The lowest BCUT2D eigenvalue weighted by atomic mass is 10.1. The van der Waals surface area contributed by atoms with Gasteiger partial charge in [-0.1, -0.05) is 46.3 Å². The molecular weight excluding hydrogens is 406 g/mol. The maximum Gasteiger partial charge on any atom is 0.254 e. The van der Waals surface area contributed by atoms with Gasteiger partial charge in [0.15, 0.2) is 0 Å². The van der Waals surface area contributed by atoms with Crippen molar-refractivity contribution in [2.75, 3.05) is 6.54 Å². The summed E-state index contributed by atoms with van der Waals surface area (Å²) >= 11 is 3.39. The van der Waals surface area contributed by atoms with E-state index in [2.05, 4.69) is 27.3 Å². The number of benzene rings is 2. The molecule has 2 aliphatic rings. The van der Waals surface area contributed by atoms with Crippen molar-refractivity contribution in [1.29, 1.82) is 5.26 Å². The number of fused-ring (bicyclic) bond motifs is 1. The molecule has 0 spiro atoms. The molecule has 1 aliphatic carbocycles. The maximum atomic E-state index is 13.0. The van der Waals surface area contributed by atoms with Crippen LogP contribution in [0.5, 0.6) is 0 Å². The largest absolute Gasteiger partial charge is 0.335 e. The van der Waals surface area contributed by atoms with Gasteiger partial charge in [-0.15, -0.1) is 0 Å². The van der Waals surface area contributed by atoms with E-state index >= 15 is 0 Å². The van der Waals surface area contributed by atoms with Gasteiger partial charge in [0.2, 0.25) is 5.91 Å². The van der Waals surface area contributed by atoms with Crippen LogP contribution in [-0.4, -0.2) is 29.3 Å². The Bertz CT molecular complexity index is 925. The second-order valence-electron chi connectivity index (χ2n) is 7.05. The van der Waals surface area contributed by atoms with Gasteiger partial charge in [-0.05, 0) is 48.1 Å². The van der Waals surface area contributed by atoms with Crippen molar-refractivity contribution < 1.29 is 9.59 Å². The SMILES string of the molecule is N#CC(NC(=O)[C@H]1[C@@H]2C[C@@H]2CN1C(=O)c1ccccc1)c1cccc(Br)c1. The van der Waals surface area contributed by atoms with Gasteiger partial charge in [-0.3, -0.25) is 9.59 Å². The van der Waals surface area contributed by atoms with Crippen LogP contribution in [0.2, 0.25) is 0 Å². The predicted molar refractivity (Wildman–Crippen MR) is 104 cm³/mol. The number of piperidine rings is 1. The molecular formula is C21H18BrN3O2. The standard InChI is InChI=1S/C21H18BrN3O2/c22-16-8-4-7-14(9-16)18(11-23)24-20(26)19-17-10-15(17)12-25(19)21(27)13-5-2-1-3-6-13/h1-9,15,17-19H,10,12H2,(H,24,26)/t15-,17-,18?,19-/m1/s1. The molecule has 2 fully saturated rings. The Balaban J connectivity index is 1.53. The highest BCUT2D eigenvalue weighted by molar-refractivity contribution is 9.10. The second-order valence-corrected chi connectivity index (χ2v) is 7.97. The van der Waals surface area contributed by atoms with Gasteiger partial charge < -0.3 is 10.2 Å². The Morgan fingerprint density at radius 1 is 1.19 bits per heavy atom. The molecule has 1 aliphatic heterocycles. The van der Waals surface area contributed by atoms with Crippen LogP contribution in [0, 0.1) is 23.2 Å². The monoisotopic (exact) mass is 423 g/mol. The van der Waals surface area contributed by atoms with Gasteiger partial charge >= 0.3 is 0 Å². The minimum atomic E-state index is -0.749. The number of nitrogens with one attached hydrogen (secondary N) is 1. The third-order valence-corrected chi connectivity index (χ3v) is 5.79. The number of carbonyl (C=O) groups excluding carboxylic acids is 2. The summed E-state index contributed by atoms with van der Waals surface area (Å²) in [5.74, 6) is 0.203. The Kier molecular flexibility index (Phi) is 4.71. The molecule has 5 nitrogen and oxygen atoms in total. The first-order chi connectivity index (χ1) is 13.1. The fraction of sp³-hybridized carbons (Fsp3) is 0.286. The minimum absolute atomic E-state index is 0.126. The van der Waals surface area contributed by atoms with E-state index < -0.39 is 12.1 Å². The smallest absolute Gasteiger partial charge is 0.254 e. The van der Waals surface area contributed by atoms with Gasteiger partial charge in [0.05, 0.1) is 6.07 Å². The van der Waals surface area contributed by atoms with Crippen molar-refractivity contribution in [1.82, 2.24) is 10.2 Å². The first kappa shape index (κ1) is 17.7. The van der Waals surface area contributed by atoms with Crippen LogP contribution in [-0.2, 0) is 4.79 Å². The van der Waals surface area contributed by atoms with E-state index in [0.717, 1.165) is 10.9 Å². The van der Waals surface area contributed by atoms with Crippen LogP contribution >= 0.6 is 15.9 Å². The Labute approximate surface area is 166 Å². The molecule has 4 atom stereocenters. The summed E-state index contributed by atoms with van der Waals surface area (Å²) < 4.78 is 0.846. The number of amides is 2. The molecule has 2 aromatic carbocycles. The van der Waals surface area contributed by atoms with Gasteiger partial charge in [-0.25, -0.2) is 0 Å². The zero-order chi connectivity index (χ0) is 19.0. The molecule has 1 N–H and O–H groups in total. The number of nitrogens with zero attached hydrogens (tertiary/aromatic N) is 2. The molecule has 1 heterocycles. The highest BCUT2D eigenvalue weighted by Crippen LogP contribution is 2.50. The molecule has 27 heavy (non-hydrogen) atoms. The number of likely N-dealkylation sites (tertiary alicyclic amines) is 1. The molecule has 2 amide bonds. The van der Waals surface area contributed by atoms with E-state index in [1.807, 2.05) is 36.4 Å². The zero-order valence-corrected chi connectivity index (χ0v) is 16.1. The topological polar surface area (TPSA) is 73.2 Å². The van der Waals surface area contributed by atoms with E-state index in [1.54, 1.807) is 23.1 Å². The molecule has 136 valence electrons. The van der Waals surface area contributed by atoms with Crippen LogP contribution in [0.3, 0.4) is 0 Å². The Hall–Kier alpha value is -2.65. The molecule has 0 bridgehead atoms. The van der Waals surface area contributed by atoms with Gasteiger partial charge in [0.1, 0.15) is 12.1 Å². The van der Waals surface area contributed by atoms with E-state index in [-0.39, 0.29) is 17.7 Å². The summed E-state index contributed by atoms with van der Waals surface area (Å²) in [5, 5.41) is 12.4. The van der Waals surface area contributed by atoms with Crippen LogP contribution in [0.4, 0.5) is 0 Å². The molecule has 4 rings (SSSR count). The van der Waals surface area contributed by atoms with Gasteiger partial charge in [-0.2, -0.15) is 5.26 Å². The highest BCUT2D eigenvalue weighted by Gasteiger charge is 2.57. The van der Waals surface area contributed by atoms with E-state index in [9.17, 15) is 14.9 Å². The summed E-state index contributed by atoms with van der Waals surface area (Å²) in [5.41, 5.74) is 1.30. The van der Waals surface area contributed by atoms with Crippen LogP contribution in [0.1, 0.15) is 28.4 Å². The second kappa shape index (κ2) is 7.16. The number of rotatable bonds is 4.